The Morgan fingerprint density at radius 1 is 1.58 bits per heavy atom. The summed E-state index contributed by atoms with van der Waals surface area (Å²) in [5, 5.41) is -2.14. The molecule has 4 nitrogen and oxygen atoms in total. The van der Waals surface area contributed by atoms with Crippen molar-refractivity contribution < 1.29 is 23.1 Å². The number of rotatable bonds is 3. The first kappa shape index (κ1) is 11.2. The molecule has 12 heavy (non-hydrogen) atoms. The summed E-state index contributed by atoms with van der Waals surface area (Å²) in [6.07, 6.45) is 0. The molecule has 0 rings (SSSR count). The van der Waals surface area contributed by atoms with Crippen LogP contribution in [0.25, 0.3) is 0 Å². The number of ether oxygens (including phenoxy) is 1. The topological polar surface area (TPSA) is 55.4 Å². The third kappa shape index (κ3) is 4.12. The fourth-order valence-electron chi connectivity index (χ4n) is 0.331. The Morgan fingerprint density at radius 3 is 2.42 bits per heavy atom. The molecular weight excluding hydrogens is 192 g/mol. The van der Waals surface area contributed by atoms with E-state index in [0.717, 1.165) is 7.11 Å². The van der Waals surface area contributed by atoms with Crippen LogP contribution in [-0.4, -0.2) is 30.8 Å². The van der Waals surface area contributed by atoms with Crippen LogP contribution in [-0.2, 0) is 14.3 Å². The molecular formula is C5H7F2NO3S. The molecule has 1 amide bonds. The van der Waals surface area contributed by atoms with Gasteiger partial charge in [0.25, 0.3) is 0 Å². The van der Waals surface area contributed by atoms with Crippen molar-refractivity contribution in [2.24, 2.45) is 0 Å². The molecule has 1 N–H and O–H groups in total. The molecule has 7 heteroatoms. The van der Waals surface area contributed by atoms with Crippen LogP contribution in [0.5, 0.6) is 0 Å². The zero-order valence-corrected chi connectivity index (χ0v) is 7.03. The van der Waals surface area contributed by atoms with E-state index in [9.17, 15) is 18.4 Å². The van der Waals surface area contributed by atoms with Gasteiger partial charge in [0, 0.05) is 0 Å². The molecule has 0 saturated heterocycles. The fraction of sp³-hybridized carbons (Fsp3) is 0.600. The first-order valence-corrected chi connectivity index (χ1v) is 3.28. The zero-order valence-electron chi connectivity index (χ0n) is 6.13. The average Bonchev–Trinajstić information content (AvgIpc) is 1.97. The SMILES string of the molecule is COC(=O)CNC(=O)C(F)(F)S. The Morgan fingerprint density at radius 2 is 2.08 bits per heavy atom. The van der Waals surface area contributed by atoms with Crippen LogP contribution < -0.4 is 5.32 Å². The molecule has 0 aromatic carbocycles. The van der Waals surface area contributed by atoms with Crippen LogP contribution in [0.4, 0.5) is 8.78 Å². The van der Waals surface area contributed by atoms with E-state index in [2.05, 4.69) is 17.4 Å². The Bertz CT molecular complexity index is 192. The molecule has 0 aliphatic rings. The Kier molecular flexibility index (Phi) is 3.94. The van der Waals surface area contributed by atoms with Gasteiger partial charge in [-0.15, -0.1) is 0 Å². The predicted molar refractivity (Wildman–Crippen MR) is 39.0 cm³/mol. The first-order valence-electron chi connectivity index (χ1n) is 2.83. The summed E-state index contributed by atoms with van der Waals surface area (Å²) in [4.78, 5) is 20.7. The van der Waals surface area contributed by atoms with Crippen molar-refractivity contribution in [1.82, 2.24) is 5.32 Å². The number of hydrogen-bond acceptors (Lipinski definition) is 4. The van der Waals surface area contributed by atoms with Crippen molar-refractivity contribution in [3.8, 4) is 0 Å². The van der Waals surface area contributed by atoms with Crippen LogP contribution in [0.1, 0.15) is 0 Å². The monoisotopic (exact) mass is 199 g/mol. The molecule has 0 aromatic rings. The number of halogens is 2. The zero-order chi connectivity index (χ0) is 9.78. The van der Waals surface area contributed by atoms with Crippen molar-refractivity contribution in [2.45, 2.75) is 5.25 Å². The highest BCUT2D eigenvalue weighted by Gasteiger charge is 2.33. The largest absolute Gasteiger partial charge is 0.468 e. The lowest BCUT2D eigenvalue weighted by Crippen LogP contribution is -2.39. The van der Waals surface area contributed by atoms with Crippen molar-refractivity contribution in [3.05, 3.63) is 0 Å². The Labute approximate surface area is 72.7 Å². The second kappa shape index (κ2) is 4.24. The summed E-state index contributed by atoms with van der Waals surface area (Å²) in [6, 6.07) is 0. The average molecular weight is 199 g/mol. The van der Waals surface area contributed by atoms with E-state index in [1.165, 1.54) is 0 Å². The minimum atomic E-state index is -3.77. The van der Waals surface area contributed by atoms with Crippen LogP contribution in [0.2, 0.25) is 0 Å². The number of hydrogen-bond donors (Lipinski definition) is 2. The lowest BCUT2D eigenvalue weighted by atomic mass is 10.5. The van der Waals surface area contributed by atoms with Gasteiger partial charge in [-0.05, 0) is 0 Å². The highest BCUT2D eigenvalue weighted by molar-refractivity contribution is 7.82. The predicted octanol–water partition coefficient (Wildman–Crippen LogP) is -0.202. The van der Waals surface area contributed by atoms with Crippen molar-refractivity contribution >= 4 is 24.5 Å². The van der Waals surface area contributed by atoms with Crippen molar-refractivity contribution in [1.29, 1.82) is 0 Å². The summed E-state index contributed by atoms with van der Waals surface area (Å²) >= 11 is 2.68. The molecule has 0 bridgehead atoms. The van der Waals surface area contributed by atoms with E-state index in [1.807, 2.05) is 0 Å². The van der Waals surface area contributed by atoms with Gasteiger partial charge in [-0.25, -0.2) is 0 Å². The lowest BCUT2D eigenvalue weighted by molar-refractivity contribution is -0.143. The van der Waals surface area contributed by atoms with Gasteiger partial charge >= 0.3 is 17.1 Å². The van der Waals surface area contributed by atoms with Crippen LogP contribution in [0.15, 0.2) is 0 Å². The summed E-state index contributed by atoms with van der Waals surface area (Å²) in [6.45, 7) is -0.592. The summed E-state index contributed by atoms with van der Waals surface area (Å²) in [5.41, 5.74) is 0. The van der Waals surface area contributed by atoms with Crippen LogP contribution >= 0.6 is 12.6 Å². The standard InChI is InChI=1S/C5H7F2NO3S/c1-11-3(9)2-8-4(10)5(6,7)12/h12H,2H2,1H3,(H,8,10). The normalized spacial score (nSPS) is 10.7. The molecule has 0 heterocycles. The van der Waals surface area contributed by atoms with Gasteiger partial charge in [0.05, 0.1) is 7.11 Å². The highest BCUT2D eigenvalue weighted by atomic mass is 32.1. The van der Waals surface area contributed by atoms with Gasteiger partial charge in [-0.1, -0.05) is 12.6 Å². The molecule has 0 saturated carbocycles. The maximum Gasteiger partial charge on any atom is 0.367 e. The maximum atomic E-state index is 12.0. The molecule has 70 valence electrons. The first-order chi connectivity index (χ1) is 5.38. The van der Waals surface area contributed by atoms with Crippen LogP contribution in [0.3, 0.4) is 0 Å². The summed E-state index contributed by atoms with van der Waals surface area (Å²) < 4.78 is 28.0. The highest BCUT2D eigenvalue weighted by Crippen LogP contribution is 2.17. The second-order valence-corrected chi connectivity index (χ2v) is 2.36. The number of nitrogens with one attached hydrogen (secondary N) is 1. The smallest absolute Gasteiger partial charge is 0.367 e. The van der Waals surface area contributed by atoms with E-state index in [0.29, 0.717) is 0 Å². The second-order valence-electron chi connectivity index (χ2n) is 1.80. The molecule has 0 unspecified atom stereocenters. The Balaban J connectivity index is 3.81. The van der Waals surface area contributed by atoms with Gasteiger partial charge in [0.15, 0.2) is 0 Å². The Hall–Kier alpha value is -0.850. The van der Waals surface area contributed by atoms with E-state index < -0.39 is 23.7 Å². The number of methoxy groups -OCH3 is 1. The van der Waals surface area contributed by atoms with Crippen molar-refractivity contribution in [2.75, 3.05) is 13.7 Å². The van der Waals surface area contributed by atoms with Gasteiger partial charge in [0.2, 0.25) is 0 Å². The third-order valence-corrected chi connectivity index (χ3v) is 1.10. The van der Waals surface area contributed by atoms with Crippen molar-refractivity contribution in [3.63, 3.8) is 0 Å². The fourth-order valence-corrected chi connectivity index (χ4v) is 0.410. The third-order valence-electron chi connectivity index (χ3n) is 0.894. The minimum absolute atomic E-state index is 0.592. The van der Waals surface area contributed by atoms with Gasteiger partial charge in [0.1, 0.15) is 6.54 Å². The lowest BCUT2D eigenvalue weighted by Gasteiger charge is -2.08. The minimum Gasteiger partial charge on any atom is -0.468 e. The number of carbonyl (C=O) groups excluding carboxylic acids is 2. The molecule has 0 spiro atoms. The number of carbonyl (C=O) groups is 2. The van der Waals surface area contributed by atoms with E-state index in [1.54, 1.807) is 5.32 Å². The van der Waals surface area contributed by atoms with E-state index in [-0.39, 0.29) is 0 Å². The number of alkyl halides is 2. The molecule has 0 aromatic heterocycles. The molecule has 0 atom stereocenters. The summed E-state index contributed by atoms with van der Waals surface area (Å²) in [5.74, 6) is -2.43. The number of amides is 1. The molecule has 0 aliphatic carbocycles. The van der Waals surface area contributed by atoms with E-state index in [4.69, 9.17) is 0 Å². The maximum absolute atomic E-state index is 12.0. The molecule has 0 radical (unpaired) electrons. The number of esters is 1. The molecule has 0 fully saturated rings. The van der Waals surface area contributed by atoms with Crippen LogP contribution in [0, 0.1) is 0 Å². The van der Waals surface area contributed by atoms with Gasteiger partial charge in [-0.2, -0.15) is 8.78 Å². The number of thiol groups is 1. The van der Waals surface area contributed by atoms with Gasteiger partial charge in [-0.3, -0.25) is 9.59 Å². The summed E-state index contributed by atoms with van der Waals surface area (Å²) in [7, 11) is 1.08. The quantitative estimate of drug-likeness (QED) is 0.489. The molecule has 0 aliphatic heterocycles. The van der Waals surface area contributed by atoms with Gasteiger partial charge < -0.3 is 10.1 Å². The van der Waals surface area contributed by atoms with E-state index >= 15 is 0 Å².